The summed E-state index contributed by atoms with van der Waals surface area (Å²) in [6.07, 6.45) is 1.76. The van der Waals surface area contributed by atoms with Crippen LogP contribution in [0.2, 0.25) is 0 Å². The van der Waals surface area contributed by atoms with Gasteiger partial charge in [0.15, 0.2) is 0 Å². The molecule has 0 bridgehead atoms. The molecule has 0 aliphatic carbocycles. The van der Waals surface area contributed by atoms with Gasteiger partial charge in [0.05, 0.1) is 18.6 Å². The zero-order valence-electron chi connectivity index (χ0n) is 11.5. The number of sulfonamides is 1. The highest BCUT2D eigenvalue weighted by atomic mass is 32.2. The van der Waals surface area contributed by atoms with Crippen LogP contribution in [-0.2, 0) is 23.0 Å². The molecule has 1 heterocycles. The largest absolute Gasteiger partial charge is 0.497 e. The molecule has 1 aromatic carbocycles. The van der Waals surface area contributed by atoms with E-state index in [-0.39, 0.29) is 11.4 Å². The van der Waals surface area contributed by atoms with Gasteiger partial charge < -0.3 is 10.5 Å². The van der Waals surface area contributed by atoms with Crippen LogP contribution in [0.25, 0.3) is 0 Å². The van der Waals surface area contributed by atoms with Gasteiger partial charge >= 0.3 is 0 Å². The van der Waals surface area contributed by atoms with Gasteiger partial charge in [-0.05, 0) is 36.7 Å². The Morgan fingerprint density at radius 2 is 2.24 bits per heavy atom. The second-order valence-corrected chi connectivity index (χ2v) is 6.00. The van der Waals surface area contributed by atoms with Gasteiger partial charge in [-0.3, -0.25) is 5.10 Å². The second-order valence-electron chi connectivity index (χ2n) is 4.27. The highest BCUT2D eigenvalue weighted by Crippen LogP contribution is 2.22. The van der Waals surface area contributed by atoms with E-state index in [4.69, 9.17) is 10.5 Å². The molecule has 0 fully saturated rings. The number of nitrogens with zero attached hydrogens (tertiary/aromatic N) is 2. The first-order chi connectivity index (χ1) is 10.1. The van der Waals surface area contributed by atoms with Crippen molar-refractivity contribution in [3.05, 3.63) is 35.9 Å². The average Bonchev–Trinajstić information content (AvgIpc) is 2.99. The van der Waals surface area contributed by atoms with E-state index in [1.807, 2.05) is 0 Å². The van der Waals surface area contributed by atoms with Gasteiger partial charge in [0.25, 0.3) is 0 Å². The highest BCUT2D eigenvalue weighted by Gasteiger charge is 2.19. The Hall–Kier alpha value is -1.97. The summed E-state index contributed by atoms with van der Waals surface area (Å²) in [5.41, 5.74) is 6.15. The van der Waals surface area contributed by atoms with Crippen LogP contribution in [0, 0.1) is 0 Å². The first kappa shape index (κ1) is 15.4. The Labute approximate surface area is 122 Å². The predicted molar refractivity (Wildman–Crippen MR) is 76.2 cm³/mol. The van der Waals surface area contributed by atoms with Crippen molar-refractivity contribution in [2.24, 2.45) is 5.73 Å². The molecule has 0 saturated carbocycles. The van der Waals surface area contributed by atoms with E-state index in [0.717, 1.165) is 0 Å². The van der Waals surface area contributed by atoms with Gasteiger partial charge in [-0.1, -0.05) is 0 Å². The number of ether oxygens (including phenoxy) is 1. The Bertz CT molecular complexity index is 685. The van der Waals surface area contributed by atoms with E-state index in [2.05, 4.69) is 19.9 Å². The lowest BCUT2D eigenvalue weighted by molar-refractivity contribution is 0.413. The van der Waals surface area contributed by atoms with Crippen molar-refractivity contribution in [2.45, 2.75) is 17.9 Å². The SMILES string of the molecule is COc1ccc(S(=O)(=O)NCc2ncn[nH]2)c(CCN)c1. The van der Waals surface area contributed by atoms with Crippen molar-refractivity contribution in [3.8, 4) is 5.75 Å². The maximum Gasteiger partial charge on any atom is 0.241 e. The van der Waals surface area contributed by atoms with Crippen LogP contribution < -0.4 is 15.2 Å². The molecular formula is C12H17N5O3S. The number of benzene rings is 1. The third-order valence-corrected chi connectivity index (χ3v) is 4.37. The summed E-state index contributed by atoms with van der Waals surface area (Å²) in [6.45, 7) is 0.383. The number of hydrogen-bond donors (Lipinski definition) is 3. The molecule has 1 aromatic heterocycles. The summed E-state index contributed by atoms with van der Waals surface area (Å²) in [7, 11) is -2.14. The first-order valence-electron chi connectivity index (χ1n) is 6.27. The molecule has 0 saturated heterocycles. The lowest BCUT2D eigenvalue weighted by Crippen LogP contribution is -2.25. The molecule has 2 rings (SSSR count). The lowest BCUT2D eigenvalue weighted by Gasteiger charge is -2.12. The number of hydrogen-bond acceptors (Lipinski definition) is 6. The number of aromatic nitrogens is 3. The van der Waals surface area contributed by atoms with Crippen molar-refractivity contribution >= 4 is 10.0 Å². The third kappa shape index (κ3) is 3.78. The van der Waals surface area contributed by atoms with Crippen molar-refractivity contribution < 1.29 is 13.2 Å². The quantitative estimate of drug-likeness (QED) is 0.650. The molecule has 0 amide bonds. The number of H-pyrrole nitrogens is 1. The molecule has 0 aliphatic heterocycles. The molecule has 0 spiro atoms. The van der Waals surface area contributed by atoms with Crippen LogP contribution in [0.5, 0.6) is 5.75 Å². The van der Waals surface area contributed by atoms with E-state index >= 15 is 0 Å². The molecule has 0 aliphatic rings. The van der Waals surface area contributed by atoms with E-state index in [1.165, 1.54) is 19.5 Å². The molecule has 114 valence electrons. The van der Waals surface area contributed by atoms with Crippen LogP contribution in [0.1, 0.15) is 11.4 Å². The van der Waals surface area contributed by atoms with Crippen LogP contribution in [0.3, 0.4) is 0 Å². The van der Waals surface area contributed by atoms with Gasteiger partial charge in [0.1, 0.15) is 17.9 Å². The minimum atomic E-state index is -3.66. The third-order valence-electron chi connectivity index (χ3n) is 2.87. The molecule has 0 unspecified atom stereocenters. The summed E-state index contributed by atoms with van der Waals surface area (Å²) >= 11 is 0. The zero-order chi connectivity index (χ0) is 15.3. The fourth-order valence-corrected chi connectivity index (χ4v) is 3.09. The normalized spacial score (nSPS) is 11.5. The molecule has 0 radical (unpaired) electrons. The smallest absolute Gasteiger partial charge is 0.241 e. The minimum Gasteiger partial charge on any atom is -0.497 e. The Morgan fingerprint density at radius 3 is 2.86 bits per heavy atom. The summed E-state index contributed by atoms with van der Waals surface area (Å²) in [6, 6.07) is 4.78. The van der Waals surface area contributed by atoms with Gasteiger partial charge in [0.2, 0.25) is 10.0 Å². The fraction of sp³-hybridized carbons (Fsp3) is 0.333. The van der Waals surface area contributed by atoms with Crippen LogP contribution >= 0.6 is 0 Å². The molecule has 9 heteroatoms. The van der Waals surface area contributed by atoms with Gasteiger partial charge in [-0.25, -0.2) is 18.1 Å². The second kappa shape index (κ2) is 6.66. The van der Waals surface area contributed by atoms with Crippen molar-refractivity contribution in [1.82, 2.24) is 19.9 Å². The average molecular weight is 311 g/mol. The minimum absolute atomic E-state index is 0.0381. The van der Waals surface area contributed by atoms with Crippen LogP contribution in [-0.4, -0.2) is 37.3 Å². The van der Waals surface area contributed by atoms with E-state index in [0.29, 0.717) is 30.1 Å². The topological polar surface area (TPSA) is 123 Å². The molecule has 0 atom stereocenters. The number of rotatable bonds is 7. The van der Waals surface area contributed by atoms with Crippen LogP contribution in [0.4, 0.5) is 0 Å². The Morgan fingerprint density at radius 1 is 1.43 bits per heavy atom. The molecule has 4 N–H and O–H groups in total. The highest BCUT2D eigenvalue weighted by molar-refractivity contribution is 7.89. The molecule has 21 heavy (non-hydrogen) atoms. The maximum atomic E-state index is 12.4. The van der Waals surface area contributed by atoms with Crippen LogP contribution in [0.15, 0.2) is 29.4 Å². The standard InChI is InChI=1S/C12H17N5O3S/c1-20-10-2-3-11(9(6-10)4-5-13)21(18,19)16-7-12-14-8-15-17-12/h2-3,6,8,16H,4-5,7,13H2,1H3,(H,14,15,17). The van der Waals surface area contributed by atoms with Gasteiger partial charge in [-0.2, -0.15) is 5.10 Å². The fourth-order valence-electron chi connectivity index (χ4n) is 1.85. The first-order valence-corrected chi connectivity index (χ1v) is 7.76. The number of nitrogens with one attached hydrogen (secondary N) is 2. The summed E-state index contributed by atoms with van der Waals surface area (Å²) in [5.74, 6) is 1.03. The van der Waals surface area contributed by atoms with Crippen molar-refractivity contribution in [1.29, 1.82) is 0 Å². The molecular weight excluding hydrogens is 294 g/mol. The zero-order valence-corrected chi connectivity index (χ0v) is 12.4. The van der Waals surface area contributed by atoms with Crippen molar-refractivity contribution in [3.63, 3.8) is 0 Å². The van der Waals surface area contributed by atoms with Gasteiger partial charge in [0, 0.05) is 0 Å². The van der Waals surface area contributed by atoms with E-state index < -0.39 is 10.0 Å². The summed E-state index contributed by atoms with van der Waals surface area (Å²) in [5, 5.41) is 6.25. The summed E-state index contributed by atoms with van der Waals surface area (Å²) < 4.78 is 32.3. The number of methoxy groups -OCH3 is 1. The monoisotopic (exact) mass is 311 g/mol. The van der Waals surface area contributed by atoms with Crippen molar-refractivity contribution in [2.75, 3.05) is 13.7 Å². The molecule has 8 nitrogen and oxygen atoms in total. The molecule has 2 aromatic rings. The maximum absolute atomic E-state index is 12.4. The number of aromatic amines is 1. The predicted octanol–water partition coefficient (Wildman–Crippen LogP) is -0.207. The Kier molecular flexibility index (Phi) is 4.89. The van der Waals surface area contributed by atoms with E-state index in [9.17, 15) is 8.42 Å². The summed E-state index contributed by atoms with van der Waals surface area (Å²) in [4.78, 5) is 4.05. The van der Waals surface area contributed by atoms with Gasteiger partial charge in [-0.15, -0.1) is 0 Å². The van der Waals surface area contributed by atoms with E-state index in [1.54, 1.807) is 12.1 Å². The number of nitrogens with two attached hydrogens (primary N) is 1. The Balaban J connectivity index is 2.25. The lowest BCUT2D eigenvalue weighted by atomic mass is 10.1.